The van der Waals surface area contributed by atoms with E-state index in [1.807, 2.05) is 0 Å². The summed E-state index contributed by atoms with van der Waals surface area (Å²) < 4.78 is 16.5. The van der Waals surface area contributed by atoms with Gasteiger partial charge in [0, 0.05) is 44.5 Å². The smallest absolute Gasteiger partial charge is 0.203 e. The molecule has 2 saturated heterocycles. The third-order valence-corrected chi connectivity index (χ3v) is 6.64. The minimum Gasteiger partial charge on any atom is -0.493 e. The van der Waals surface area contributed by atoms with Crippen LogP contribution in [0.2, 0.25) is 0 Å². The van der Waals surface area contributed by atoms with Crippen LogP contribution in [0.4, 0.5) is 5.69 Å². The number of hydrogen-bond donors (Lipinski definition) is 0. The predicted octanol–water partition coefficient (Wildman–Crippen LogP) is 3.50. The van der Waals surface area contributed by atoms with E-state index in [1.54, 1.807) is 21.3 Å². The summed E-state index contributed by atoms with van der Waals surface area (Å²) in [4.78, 5) is 7.75. The van der Waals surface area contributed by atoms with Crippen LogP contribution in [0.3, 0.4) is 0 Å². The van der Waals surface area contributed by atoms with Crippen molar-refractivity contribution < 1.29 is 14.2 Å². The molecule has 0 N–H and O–H groups in total. The normalized spacial score (nSPS) is 18.7. The molecular formula is C25H35N3O3. The van der Waals surface area contributed by atoms with E-state index in [4.69, 9.17) is 14.2 Å². The number of likely N-dealkylation sites (tertiary alicyclic amines) is 1. The van der Waals surface area contributed by atoms with Crippen molar-refractivity contribution in [3.05, 3.63) is 48.0 Å². The van der Waals surface area contributed by atoms with Crippen molar-refractivity contribution in [2.24, 2.45) is 0 Å². The largest absolute Gasteiger partial charge is 0.493 e. The highest BCUT2D eigenvalue weighted by molar-refractivity contribution is 5.53. The molecule has 0 bridgehead atoms. The van der Waals surface area contributed by atoms with Crippen LogP contribution in [0.1, 0.15) is 18.4 Å². The number of benzene rings is 2. The maximum Gasteiger partial charge on any atom is 0.203 e. The summed E-state index contributed by atoms with van der Waals surface area (Å²) in [6.07, 6.45) is 2.46. The summed E-state index contributed by atoms with van der Waals surface area (Å²) in [7, 11) is 4.98. The third-order valence-electron chi connectivity index (χ3n) is 6.64. The average Bonchev–Trinajstić information content (AvgIpc) is 2.84. The summed E-state index contributed by atoms with van der Waals surface area (Å²) >= 11 is 0. The number of methoxy groups -OCH3 is 3. The van der Waals surface area contributed by atoms with Crippen molar-refractivity contribution in [1.29, 1.82) is 0 Å². The van der Waals surface area contributed by atoms with Crippen LogP contribution in [-0.2, 0) is 6.54 Å². The molecule has 2 fully saturated rings. The second-order valence-electron chi connectivity index (χ2n) is 8.40. The van der Waals surface area contributed by atoms with Gasteiger partial charge in [0.25, 0.3) is 0 Å². The van der Waals surface area contributed by atoms with Crippen LogP contribution in [-0.4, -0.2) is 76.4 Å². The number of piperidine rings is 1. The molecule has 2 aliphatic heterocycles. The SMILES string of the molecule is COc1cc(CN2CCC(N3CCN(c4ccccc4)CC3)CC2)cc(OC)c1OC. The van der Waals surface area contributed by atoms with Crippen molar-refractivity contribution in [2.45, 2.75) is 25.4 Å². The lowest BCUT2D eigenvalue weighted by molar-refractivity contribution is 0.0997. The van der Waals surface area contributed by atoms with Crippen molar-refractivity contribution >= 4 is 5.69 Å². The van der Waals surface area contributed by atoms with E-state index < -0.39 is 0 Å². The molecule has 168 valence electrons. The van der Waals surface area contributed by atoms with Crippen molar-refractivity contribution in [3.8, 4) is 17.2 Å². The molecule has 2 aromatic rings. The molecule has 0 atom stereocenters. The van der Waals surface area contributed by atoms with Gasteiger partial charge in [-0.2, -0.15) is 0 Å². The highest BCUT2D eigenvalue weighted by atomic mass is 16.5. The maximum atomic E-state index is 5.51. The molecule has 6 heteroatoms. The number of rotatable bonds is 7. The monoisotopic (exact) mass is 425 g/mol. The second kappa shape index (κ2) is 10.2. The molecule has 2 heterocycles. The Labute approximate surface area is 186 Å². The molecule has 6 nitrogen and oxygen atoms in total. The standard InChI is InChI=1S/C25H35N3O3/c1-29-23-17-20(18-24(30-2)25(23)31-3)19-26-11-9-22(10-12-26)28-15-13-27(14-16-28)21-7-5-4-6-8-21/h4-8,17-18,22H,9-16,19H2,1-3H3. The lowest BCUT2D eigenvalue weighted by Crippen LogP contribution is -2.53. The van der Waals surface area contributed by atoms with Gasteiger partial charge in [-0.1, -0.05) is 18.2 Å². The number of para-hydroxylation sites is 1. The molecule has 0 aliphatic carbocycles. The van der Waals surface area contributed by atoms with Gasteiger partial charge >= 0.3 is 0 Å². The predicted molar refractivity (Wildman–Crippen MR) is 125 cm³/mol. The van der Waals surface area contributed by atoms with E-state index in [9.17, 15) is 0 Å². The molecule has 0 spiro atoms. The number of hydrogen-bond acceptors (Lipinski definition) is 6. The number of piperazine rings is 1. The van der Waals surface area contributed by atoms with Gasteiger partial charge in [0.05, 0.1) is 21.3 Å². The number of ether oxygens (including phenoxy) is 3. The third kappa shape index (κ3) is 5.08. The van der Waals surface area contributed by atoms with Gasteiger partial charge in [-0.25, -0.2) is 0 Å². The van der Waals surface area contributed by atoms with Gasteiger partial charge in [0.2, 0.25) is 5.75 Å². The Bertz CT molecular complexity index is 804. The van der Waals surface area contributed by atoms with Crippen molar-refractivity contribution in [3.63, 3.8) is 0 Å². The zero-order valence-electron chi connectivity index (χ0n) is 19.0. The van der Waals surface area contributed by atoms with Gasteiger partial charge in [-0.05, 0) is 55.8 Å². The summed E-state index contributed by atoms with van der Waals surface area (Å²) in [5, 5.41) is 0. The molecule has 2 aliphatic rings. The quantitative estimate of drug-likeness (QED) is 0.676. The van der Waals surface area contributed by atoms with Crippen molar-refractivity contribution in [2.75, 3.05) is 65.5 Å². The first kappa shape index (κ1) is 21.8. The van der Waals surface area contributed by atoms with Crippen LogP contribution in [0, 0.1) is 0 Å². The fraction of sp³-hybridized carbons (Fsp3) is 0.520. The summed E-state index contributed by atoms with van der Waals surface area (Å²) in [5.41, 5.74) is 2.55. The number of nitrogens with zero attached hydrogens (tertiary/aromatic N) is 3. The molecule has 0 amide bonds. The Hall–Kier alpha value is -2.44. The molecular weight excluding hydrogens is 390 g/mol. The number of anilines is 1. The molecule has 31 heavy (non-hydrogen) atoms. The van der Waals surface area contributed by atoms with E-state index in [-0.39, 0.29) is 0 Å². The maximum absolute atomic E-state index is 5.51. The van der Waals surface area contributed by atoms with Gasteiger partial charge < -0.3 is 19.1 Å². The lowest BCUT2D eigenvalue weighted by atomic mass is 10.0. The molecule has 0 saturated carbocycles. The Balaban J connectivity index is 1.29. The van der Waals surface area contributed by atoms with Crippen molar-refractivity contribution in [1.82, 2.24) is 9.80 Å². The van der Waals surface area contributed by atoms with Gasteiger partial charge in [-0.3, -0.25) is 9.80 Å². The van der Waals surface area contributed by atoms with Crippen LogP contribution in [0.15, 0.2) is 42.5 Å². The van der Waals surface area contributed by atoms with E-state index in [1.165, 1.54) is 24.1 Å². The Kier molecular flexibility index (Phi) is 7.20. The van der Waals surface area contributed by atoms with E-state index in [2.05, 4.69) is 57.2 Å². The second-order valence-corrected chi connectivity index (χ2v) is 8.40. The summed E-state index contributed by atoms with van der Waals surface area (Å²) in [6.45, 7) is 7.72. The fourth-order valence-electron chi connectivity index (χ4n) is 4.91. The minimum atomic E-state index is 0.655. The van der Waals surface area contributed by atoms with Gasteiger partial charge in [0.1, 0.15) is 0 Å². The van der Waals surface area contributed by atoms with E-state index in [0.717, 1.165) is 57.3 Å². The van der Waals surface area contributed by atoms with E-state index in [0.29, 0.717) is 11.8 Å². The highest BCUT2D eigenvalue weighted by Gasteiger charge is 2.28. The van der Waals surface area contributed by atoms with Crippen LogP contribution < -0.4 is 19.1 Å². The first-order chi connectivity index (χ1) is 15.2. The van der Waals surface area contributed by atoms with Crippen LogP contribution in [0.25, 0.3) is 0 Å². The first-order valence-corrected chi connectivity index (χ1v) is 11.3. The molecule has 0 unspecified atom stereocenters. The Morgan fingerprint density at radius 3 is 1.94 bits per heavy atom. The van der Waals surface area contributed by atoms with E-state index >= 15 is 0 Å². The zero-order chi connectivity index (χ0) is 21.6. The first-order valence-electron chi connectivity index (χ1n) is 11.3. The Morgan fingerprint density at radius 1 is 0.774 bits per heavy atom. The van der Waals surface area contributed by atoms with Crippen LogP contribution in [0.5, 0.6) is 17.2 Å². The summed E-state index contributed by atoms with van der Waals surface area (Å²) in [6, 6.07) is 15.6. The zero-order valence-corrected chi connectivity index (χ0v) is 19.0. The molecule has 4 rings (SSSR count). The molecule has 0 aromatic heterocycles. The van der Waals surface area contributed by atoms with Crippen LogP contribution >= 0.6 is 0 Å². The average molecular weight is 426 g/mol. The van der Waals surface area contributed by atoms with Gasteiger partial charge in [0.15, 0.2) is 11.5 Å². The topological polar surface area (TPSA) is 37.4 Å². The lowest BCUT2D eigenvalue weighted by Gasteiger charge is -2.43. The fourth-order valence-corrected chi connectivity index (χ4v) is 4.91. The molecule has 0 radical (unpaired) electrons. The minimum absolute atomic E-state index is 0.655. The Morgan fingerprint density at radius 2 is 1.39 bits per heavy atom. The van der Waals surface area contributed by atoms with Gasteiger partial charge in [-0.15, -0.1) is 0 Å². The highest BCUT2D eigenvalue weighted by Crippen LogP contribution is 2.38. The molecule has 2 aromatic carbocycles. The summed E-state index contributed by atoms with van der Waals surface area (Å²) in [5.74, 6) is 2.10.